The minimum absolute atomic E-state index is 0.0122. The lowest BCUT2D eigenvalue weighted by Crippen LogP contribution is -2.24. The molecule has 1 aromatic carbocycles. The molecule has 0 amide bonds. The summed E-state index contributed by atoms with van der Waals surface area (Å²) < 4.78 is 1.50. The average Bonchev–Trinajstić information content (AvgIpc) is 3.03. The van der Waals surface area contributed by atoms with E-state index in [-0.39, 0.29) is 12.0 Å². The largest absolute Gasteiger partial charge is 0.368 e. The van der Waals surface area contributed by atoms with Gasteiger partial charge in [-0.2, -0.15) is 14.8 Å². The van der Waals surface area contributed by atoms with Crippen LogP contribution >= 0.6 is 11.6 Å². The van der Waals surface area contributed by atoms with Crippen LogP contribution in [0, 0.1) is 0 Å². The second kappa shape index (κ2) is 8.21. The van der Waals surface area contributed by atoms with E-state index in [1.165, 1.54) is 16.6 Å². The molecule has 0 aliphatic heterocycles. The molecule has 0 aliphatic rings. The van der Waals surface area contributed by atoms with Gasteiger partial charge in [-0.05, 0) is 36.0 Å². The summed E-state index contributed by atoms with van der Waals surface area (Å²) >= 11 is 6.53. The van der Waals surface area contributed by atoms with Gasteiger partial charge in [0.15, 0.2) is 5.82 Å². The van der Waals surface area contributed by atoms with E-state index >= 15 is 0 Å². The third-order valence-corrected chi connectivity index (χ3v) is 4.63. The van der Waals surface area contributed by atoms with E-state index in [1.54, 1.807) is 0 Å². The lowest BCUT2D eigenvalue weighted by Gasteiger charge is -2.21. The van der Waals surface area contributed by atoms with Crippen molar-refractivity contribution in [2.75, 3.05) is 5.73 Å². The van der Waals surface area contributed by atoms with Gasteiger partial charge in [-0.1, -0.05) is 63.2 Å². The summed E-state index contributed by atoms with van der Waals surface area (Å²) in [5, 5.41) is 8.08. The first kappa shape index (κ1) is 19.1. The topological polar surface area (TPSA) is 68.8 Å². The number of nitrogen functional groups attached to an aromatic ring is 1. The van der Waals surface area contributed by atoms with Gasteiger partial charge in [0.05, 0.1) is 5.03 Å². The monoisotopic (exact) mass is 359 g/mol. The highest BCUT2D eigenvalue weighted by Gasteiger charge is 2.17. The number of nitrogens with zero attached hydrogens (tertiary/aromatic N) is 3. The molecular formula is C19H26ClN5. The number of hydrogen-bond acceptors (Lipinski definition) is 4. The molecule has 0 spiro atoms. The quantitative estimate of drug-likeness (QED) is 0.705. The molecule has 1 atom stereocenters. The summed E-state index contributed by atoms with van der Waals surface area (Å²) in [6, 6.07) is 8.56. The summed E-state index contributed by atoms with van der Waals surface area (Å²) in [5.74, 6) is 1.36. The highest BCUT2D eigenvalue weighted by atomic mass is 35.5. The van der Waals surface area contributed by atoms with Gasteiger partial charge in [0, 0.05) is 6.04 Å². The molecule has 0 saturated heterocycles. The van der Waals surface area contributed by atoms with Crippen LogP contribution in [-0.2, 0) is 0 Å². The smallest absolute Gasteiger partial charge is 0.224 e. The van der Waals surface area contributed by atoms with Crippen molar-refractivity contribution >= 4 is 23.4 Å². The average molecular weight is 360 g/mol. The summed E-state index contributed by atoms with van der Waals surface area (Å²) in [5.41, 5.74) is 9.18. The number of anilines is 1. The third-order valence-electron chi connectivity index (χ3n) is 4.19. The lowest BCUT2D eigenvalue weighted by molar-refractivity contribution is 0.657. The van der Waals surface area contributed by atoms with E-state index in [0.29, 0.717) is 16.8 Å². The van der Waals surface area contributed by atoms with E-state index in [0.717, 1.165) is 17.6 Å². The Labute approximate surface area is 154 Å². The molecule has 25 heavy (non-hydrogen) atoms. The van der Waals surface area contributed by atoms with Gasteiger partial charge in [0.25, 0.3) is 0 Å². The van der Waals surface area contributed by atoms with Crippen LogP contribution in [0.5, 0.6) is 0 Å². The number of allylic oxidation sites excluding steroid dienone is 2. The molecule has 1 unspecified atom stereocenters. The summed E-state index contributed by atoms with van der Waals surface area (Å²) in [6.07, 6.45) is 2.13. The maximum Gasteiger partial charge on any atom is 0.224 e. The highest BCUT2D eigenvalue weighted by molar-refractivity contribution is 6.34. The van der Waals surface area contributed by atoms with Crippen molar-refractivity contribution in [3.05, 3.63) is 58.9 Å². The molecule has 3 N–H and O–H groups in total. The molecule has 0 saturated carbocycles. The Bertz CT molecular complexity index is 758. The van der Waals surface area contributed by atoms with Gasteiger partial charge in [-0.25, -0.2) is 0 Å². The first-order chi connectivity index (χ1) is 11.8. The number of hydrogen-bond donors (Lipinski definition) is 2. The Balaban J connectivity index is 2.33. The molecule has 0 fully saturated rings. The van der Waals surface area contributed by atoms with Crippen molar-refractivity contribution in [3.8, 4) is 0 Å². The Morgan fingerprint density at radius 2 is 1.84 bits per heavy atom. The van der Waals surface area contributed by atoms with Crippen molar-refractivity contribution in [2.24, 2.45) is 0 Å². The van der Waals surface area contributed by atoms with Gasteiger partial charge >= 0.3 is 0 Å². The zero-order chi connectivity index (χ0) is 18.6. The summed E-state index contributed by atoms with van der Waals surface area (Å²) in [6.45, 7) is 12.4. The molecule has 134 valence electrons. The van der Waals surface area contributed by atoms with Crippen molar-refractivity contribution in [2.45, 2.75) is 46.1 Å². The van der Waals surface area contributed by atoms with Crippen molar-refractivity contribution in [1.29, 1.82) is 0 Å². The van der Waals surface area contributed by atoms with Crippen LogP contribution in [-0.4, -0.2) is 14.8 Å². The predicted octanol–water partition coefficient (Wildman–Crippen LogP) is 4.67. The molecule has 1 aromatic heterocycles. The fourth-order valence-electron chi connectivity index (χ4n) is 2.42. The Morgan fingerprint density at radius 1 is 1.24 bits per heavy atom. The van der Waals surface area contributed by atoms with E-state index in [9.17, 15) is 0 Å². The van der Waals surface area contributed by atoms with E-state index in [2.05, 4.69) is 67.0 Å². The van der Waals surface area contributed by atoms with Crippen LogP contribution in [0.3, 0.4) is 0 Å². The third kappa shape index (κ3) is 4.42. The van der Waals surface area contributed by atoms with Crippen LogP contribution in [0.4, 0.5) is 5.95 Å². The first-order valence-electron chi connectivity index (χ1n) is 8.45. The molecule has 6 heteroatoms. The number of nitrogens with two attached hydrogens (primary N) is 1. The molecule has 2 aromatic rings. The molecular weight excluding hydrogens is 334 g/mol. The molecule has 0 aliphatic carbocycles. The minimum Gasteiger partial charge on any atom is -0.368 e. The van der Waals surface area contributed by atoms with Crippen LogP contribution in [0.2, 0.25) is 0 Å². The van der Waals surface area contributed by atoms with E-state index in [4.69, 9.17) is 17.3 Å². The summed E-state index contributed by atoms with van der Waals surface area (Å²) in [4.78, 5) is 3.98. The van der Waals surface area contributed by atoms with Crippen LogP contribution in [0.25, 0.3) is 5.82 Å². The fraction of sp³-hybridized carbons (Fsp3) is 0.368. The number of nitrogens with one attached hydrogen (secondary N) is 1. The molecule has 1 heterocycles. The number of halogens is 1. The van der Waals surface area contributed by atoms with Crippen molar-refractivity contribution in [3.63, 3.8) is 0 Å². The van der Waals surface area contributed by atoms with Gasteiger partial charge in [-0.3, -0.25) is 0 Å². The minimum atomic E-state index is 0.0122. The van der Waals surface area contributed by atoms with E-state index in [1.807, 2.05) is 6.92 Å². The normalized spacial score (nSPS) is 13.5. The van der Waals surface area contributed by atoms with Gasteiger partial charge < -0.3 is 11.1 Å². The highest BCUT2D eigenvalue weighted by Crippen LogP contribution is 2.26. The number of benzene rings is 1. The maximum atomic E-state index is 6.53. The summed E-state index contributed by atoms with van der Waals surface area (Å²) in [7, 11) is 0. The Morgan fingerprint density at radius 3 is 2.32 bits per heavy atom. The molecule has 0 radical (unpaired) electrons. The van der Waals surface area contributed by atoms with Crippen molar-refractivity contribution in [1.82, 2.24) is 20.1 Å². The van der Waals surface area contributed by atoms with Gasteiger partial charge in [0.1, 0.15) is 6.33 Å². The molecule has 5 nitrogen and oxygen atoms in total. The van der Waals surface area contributed by atoms with Crippen LogP contribution in [0.15, 0.2) is 47.8 Å². The first-order valence-corrected chi connectivity index (χ1v) is 8.83. The fourth-order valence-corrected chi connectivity index (χ4v) is 2.69. The predicted molar refractivity (Wildman–Crippen MR) is 105 cm³/mol. The second-order valence-electron chi connectivity index (χ2n) is 6.34. The number of rotatable bonds is 7. The van der Waals surface area contributed by atoms with Crippen molar-refractivity contribution < 1.29 is 0 Å². The lowest BCUT2D eigenvalue weighted by atomic mass is 9.99. The SMILES string of the molecule is C=C(CC)/C(Cl)=C(/NC(C)c1ccc(C(C)C)cc1)n1ncnc1N. The number of aromatic nitrogens is 3. The molecule has 0 bridgehead atoms. The van der Waals surface area contributed by atoms with Crippen LogP contribution < -0.4 is 11.1 Å². The standard InChI is InChI=1S/C19H26ClN5/c1-6-13(4)17(20)18(25-19(21)22-11-23-25)24-14(5)16-9-7-15(8-10-16)12(2)3/h7-12,14,24H,4,6H2,1-3,5H3,(H2,21,22,23)/b18-17+. The molecule has 2 rings (SSSR count). The second-order valence-corrected chi connectivity index (χ2v) is 6.72. The van der Waals surface area contributed by atoms with Gasteiger partial charge in [-0.15, -0.1) is 0 Å². The van der Waals surface area contributed by atoms with Gasteiger partial charge in [0.2, 0.25) is 5.95 Å². The maximum absolute atomic E-state index is 6.53. The van der Waals surface area contributed by atoms with E-state index < -0.39 is 0 Å². The zero-order valence-electron chi connectivity index (χ0n) is 15.3. The Hall–Kier alpha value is -2.27. The van der Waals surface area contributed by atoms with Crippen LogP contribution in [0.1, 0.15) is 57.2 Å². The Kier molecular flexibility index (Phi) is 6.26. The zero-order valence-corrected chi connectivity index (χ0v) is 16.0.